The highest BCUT2D eigenvalue weighted by atomic mass is 32.2. The summed E-state index contributed by atoms with van der Waals surface area (Å²) in [5.41, 5.74) is -0.356. The summed E-state index contributed by atoms with van der Waals surface area (Å²) in [5.74, 6) is 1.82. The summed E-state index contributed by atoms with van der Waals surface area (Å²) < 4.78 is 8.88. The van der Waals surface area contributed by atoms with Crippen LogP contribution >= 0.6 is 11.8 Å². The van der Waals surface area contributed by atoms with Crippen molar-refractivity contribution in [1.82, 2.24) is 19.3 Å². The Balaban J connectivity index is 1.72. The number of aryl methyl sites for hydroxylation is 1. The fourth-order valence-electron chi connectivity index (χ4n) is 2.95. The fraction of sp³-hybridized carbons (Fsp3) is 0.588. The maximum atomic E-state index is 11.9. The number of hydrogen-bond donors (Lipinski definition) is 0. The summed E-state index contributed by atoms with van der Waals surface area (Å²) in [6, 6.07) is 2.44. The predicted molar refractivity (Wildman–Crippen MR) is 106 cm³/mol. The number of rotatable bonds is 8. The van der Waals surface area contributed by atoms with Gasteiger partial charge in [0.1, 0.15) is 0 Å². The predicted octanol–water partition coefficient (Wildman–Crippen LogP) is 1.63. The van der Waals surface area contributed by atoms with Gasteiger partial charge in [-0.2, -0.15) is 0 Å². The molecule has 1 aliphatic rings. The van der Waals surface area contributed by atoms with Crippen LogP contribution in [0.25, 0.3) is 0 Å². The molecule has 2 aromatic heterocycles. The lowest BCUT2D eigenvalue weighted by atomic mass is 10.2. The summed E-state index contributed by atoms with van der Waals surface area (Å²) in [6.45, 7) is 8.33. The smallest absolute Gasteiger partial charge is 0.285 e. The van der Waals surface area contributed by atoms with Gasteiger partial charge < -0.3 is 14.2 Å². The van der Waals surface area contributed by atoms with Crippen LogP contribution in [0, 0.1) is 16.0 Å². The Morgan fingerprint density at radius 2 is 2.04 bits per heavy atom. The Hall–Kier alpha value is -2.40. The molecule has 1 aliphatic heterocycles. The van der Waals surface area contributed by atoms with E-state index in [4.69, 9.17) is 4.74 Å². The number of anilines is 1. The topological polar surface area (TPSA) is 108 Å². The lowest BCUT2D eigenvalue weighted by Gasteiger charge is -2.28. The Kier molecular flexibility index (Phi) is 6.68. The first-order chi connectivity index (χ1) is 13.5. The molecule has 0 N–H and O–H groups in total. The summed E-state index contributed by atoms with van der Waals surface area (Å²) in [5, 5.41) is 20.4. The van der Waals surface area contributed by atoms with Crippen molar-refractivity contribution in [2.45, 2.75) is 32.1 Å². The van der Waals surface area contributed by atoms with Crippen LogP contribution in [0.3, 0.4) is 0 Å². The van der Waals surface area contributed by atoms with Gasteiger partial charge in [-0.1, -0.05) is 25.6 Å². The van der Waals surface area contributed by atoms with E-state index in [1.807, 2.05) is 0 Å². The number of hydrogen-bond acceptors (Lipinski definition) is 8. The molecule has 0 amide bonds. The number of nitro groups is 1. The first-order valence-corrected chi connectivity index (χ1v) is 10.2. The lowest BCUT2D eigenvalue weighted by Crippen LogP contribution is -2.38. The first kappa shape index (κ1) is 20.3. The van der Waals surface area contributed by atoms with Crippen LogP contribution < -0.4 is 10.5 Å². The molecule has 10 nitrogen and oxygen atoms in total. The zero-order chi connectivity index (χ0) is 20.1. The lowest BCUT2D eigenvalue weighted by molar-refractivity contribution is -0.385. The Morgan fingerprint density at radius 3 is 2.71 bits per heavy atom. The normalized spacial score (nSPS) is 14.6. The number of ether oxygens (including phenoxy) is 1. The molecule has 0 aliphatic carbocycles. The van der Waals surface area contributed by atoms with E-state index in [1.54, 1.807) is 0 Å². The second kappa shape index (κ2) is 9.20. The third-order valence-corrected chi connectivity index (χ3v) is 5.23. The van der Waals surface area contributed by atoms with E-state index < -0.39 is 4.92 Å². The van der Waals surface area contributed by atoms with Crippen LogP contribution in [0.15, 0.2) is 28.3 Å². The van der Waals surface area contributed by atoms with Crippen LogP contribution in [0.4, 0.5) is 11.6 Å². The molecule has 3 heterocycles. The largest absolute Gasteiger partial charge is 0.378 e. The second-order valence-corrected chi connectivity index (χ2v) is 7.97. The van der Waals surface area contributed by atoms with E-state index >= 15 is 0 Å². The molecule has 0 bridgehead atoms. The Morgan fingerprint density at radius 1 is 1.29 bits per heavy atom. The zero-order valence-corrected chi connectivity index (χ0v) is 16.8. The number of nitrogens with zero attached hydrogens (tertiary/aromatic N) is 6. The molecule has 1 saturated heterocycles. The van der Waals surface area contributed by atoms with E-state index in [1.165, 1.54) is 34.7 Å². The number of morpholine rings is 1. The maximum Gasteiger partial charge on any atom is 0.285 e. The molecule has 0 spiro atoms. The summed E-state index contributed by atoms with van der Waals surface area (Å²) in [7, 11) is 0. The molecule has 0 aromatic carbocycles. The second-order valence-electron chi connectivity index (χ2n) is 6.91. The summed E-state index contributed by atoms with van der Waals surface area (Å²) >= 11 is 1.49. The molecule has 1 fully saturated rings. The van der Waals surface area contributed by atoms with E-state index in [0.717, 1.165) is 30.7 Å². The van der Waals surface area contributed by atoms with Gasteiger partial charge in [-0.05, 0) is 5.92 Å². The van der Waals surface area contributed by atoms with Crippen molar-refractivity contribution in [3.05, 3.63) is 38.8 Å². The minimum Gasteiger partial charge on any atom is -0.378 e. The number of aromatic nitrogens is 4. The first-order valence-electron chi connectivity index (χ1n) is 9.19. The zero-order valence-electron chi connectivity index (χ0n) is 16.0. The van der Waals surface area contributed by atoms with E-state index in [9.17, 15) is 14.9 Å². The Bertz CT molecular complexity index is 875. The quantitative estimate of drug-likeness (QED) is 0.368. The monoisotopic (exact) mass is 408 g/mol. The molecule has 0 atom stereocenters. The Labute approximate surface area is 166 Å². The van der Waals surface area contributed by atoms with Crippen LogP contribution in [0.5, 0.6) is 0 Å². The molecule has 11 heteroatoms. The average molecular weight is 408 g/mol. The van der Waals surface area contributed by atoms with E-state index in [-0.39, 0.29) is 11.2 Å². The van der Waals surface area contributed by atoms with Crippen molar-refractivity contribution < 1.29 is 9.66 Å². The molecule has 0 radical (unpaired) electrons. The SMILES string of the molecule is CC(C)Cn1c(SCCn2cc([N+](=O)[O-])ccc2=O)nnc1N1CCOCC1. The van der Waals surface area contributed by atoms with Gasteiger partial charge in [0.2, 0.25) is 5.95 Å². The standard InChI is InChI=1S/C17H24N6O4S/c1-13(2)11-22-16(20-5-8-27-9-6-20)18-19-17(22)28-10-7-21-12-14(23(25)26)3-4-15(21)24/h3-4,12-13H,5-11H2,1-2H3. The minimum atomic E-state index is -0.503. The van der Waals surface area contributed by atoms with Crippen molar-refractivity contribution >= 4 is 23.4 Å². The molecule has 0 unspecified atom stereocenters. The number of thioether (sulfide) groups is 1. The van der Waals surface area contributed by atoms with Gasteiger partial charge in [0.05, 0.1) is 24.3 Å². The highest BCUT2D eigenvalue weighted by Gasteiger charge is 2.21. The molecule has 152 valence electrons. The third-order valence-electron chi connectivity index (χ3n) is 4.28. The van der Waals surface area contributed by atoms with Crippen molar-refractivity contribution in [2.24, 2.45) is 5.92 Å². The van der Waals surface area contributed by atoms with Gasteiger partial charge in [0.25, 0.3) is 11.2 Å². The van der Waals surface area contributed by atoms with Gasteiger partial charge in [0.15, 0.2) is 5.16 Å². The molecule has 28 heavy (non-hydrogen) atoms. The van der Waals surface area contributed by atoms with Crippen molar-refractivity contribution in [3.63, 3.8) is 0 Å². The molecular weight excluding hydrogens is 384 g/mol. The molecule has 2 aromatic rings. The van der Waals surface area contributed by atoms with E-state index in [0.29, 0.717) is 31.4 Å². The van der Waals surface area contributed by atoms with Crippen LogP contribution in [-0.4, -0.2) is 56.3 Å². The van der Waals surface area contributed by atoms with Crippen LogP contribution in [0.2, 0.25) is 0 Å². The van der Waals surface area contributed by atoms with Crippen LogP contribution in [0.1, 0.15) is 13.8 Å². The van der Waals surface area contributed by atoms with Gasteiger partial charge >= 0.3 is 0 Å². The highest BCUT2D eigenvalue weighted by molar-refractivity contribution is 7.99. The van der Waals surface area contributed by atoms with Gasteiger partial charge in [-0.25, -0.2) is 0 Å². The average Bonchev–Trinajstić information content (AvgIpc) is 3.05. The highest BCUT2D eigenvalue weighted by Crippen LogP contribution is 2.24. The van der Waals surface area contributed by atoms with Crippen molar-refractivity contribution in [2.75, 3.05) is 37.0 Å². The summed E-state index contributed by atoms with van der Waals surface area (Å²) in [6.07, 6.45) is 1.28. The molecular formula is C17H24N6O4S. The number of pyridine rings is 1. The molecule has 3 rings (SSSR count). The third kappa shape index (κ3) is 4.90. The molecule has 0 saturated carbocycles. The van der Waals surface area contributed by atoms with Crippen LogP contribution in [-0.2, 0) is 17.8 Å². The van der Waals surface area contributed by atoms with Crippen molar-refractivity contribution in [3.8, 4) is 0 Å². The maximum absolute atomic E-state index is 11.9. The fourth-order valence-corrected chi connectivity index (χ4v) is 3.83. The van der Waals surface area contributed by atoms with Gasteiger partial charge in [-0.3, -0.25) is 19.5 Å². The van der Waals surface area contributed by atoms with E-state index in [2.05, 4.69) is 33.5 Å². The van der Waals surface area contributed by atoms with Gasteiger partial charge in [0, 0.05) is 44.1 Å². The van der Waals surface area contributed by atoms with Crippen molar-refractivity contribution in [1.29, 1.82) is 0 Å². The van der Waals surface area contributed by atoms with Gasteiger partial charge in [-0.15, -0.1) is 10.2 Å². The minimum absolute atomic E-state index is 0.0952. The summed E-state index contributed by atoms with van der Waals surface area (Å²) in [4.78, 5) is 24.5.